The molecule has 0 bridgehead atoms. The summed E-state index contributed by atoms with van der Waals surface area (Å²) in [4.78, 5) is 4.05. The van der Waals surface area contributed by atoms with E-state index in [1.165, 1.54) is 30.3 Å². The Kier molecular flexibility index (Phi) is 6.21. The van der Waals surface area contributed by atoms with Gasteiger partial charge in [-0.2, -0.15) is 0 Å². The number of hydrogen-bond acceptors (Lipinski definition) is 2. The van der Waals surface area contributed by atoms with Gasteiger partial charge in [-0.25, -0.2) is 4.39 Å². The quantitative estimate of drug-likeness (QED) is 0.355. The molecule has 134 valence electrons. The molecule has 25 heavy (non-hydrogen) atoms. The minimum atomic E-state index is -4.80. The number of ether oxygens (including phenoxy) is 1. The zero-order valence-corrected chi connectivity index (χ0v) is 13.2. The second kappa shape index (κ2) is 8.36. The van der Waals surface area contributed by atoms with Crippen LogP contribution in [0.1, 0.15) is 12.0 Å². The second-order valence-electron chi connectivity index (χ2n) is 5.17. The Balaban J connectivity index is 1.89. The summed E-state index contributed by atoms with van der Waals surface area (Å²) in [5.74, 6) is -0.728. The third-order valence-electron chi connectivity index (χ3n) is 3.17. The molecule has 8 heteroatoms. The predicted molar refractivity (Wildman–Crippen MR) is 88.0 cm³/mol. The van der Waals surface area contributed by atoms with Gasteiger partial charge in [0.2, 0.25) is 0 Å². The van der Waals surface area contributed by atoms with Crippen LogP contribution in [0.4, 0.5) is 23.2 Å². The first-order valence-electron chi connectivity index (χ1n) is 7.49. The third-order valence-corrected chi connectivity index (χ3v) is 3.17. The fourth-order valence-corrected chi connectivity index (χ4v) is 2.14. The molecule has 0 aliphatic heterocycles. The molecule has 3 N–H and O–H groups in total. The van der Waals surface area contributed by atoms with Gasteiger partial charge >= 0.3 is 6.36 Å². The molecule has 0 saturated carbocycles. The molecule has 2 aromatic rings. The van der Waals surface area contributed by atoms with Crippen LogP contribution in [0.25, 0.3) is 0 Å². The van der Waals surface area contributed by atoms with E-state index in [1.807, 2.05) is 0 Å². The summed E-state index contributed by atoms with van der Waals surface area (Å²) < 4.78 is 54.0. The zero-order chi connectivity index (χ0) is 18.3. The van der Waals surface area contributed by atoms with Crippen LogP contribution in [0.3, 0.4) is 0 Å². The standard InChI is InChI=1S/C17H17F4N3O/c18-13-7-3-5-12(11-13)6-4-10-23-16(22)24-14-8-1-2-9-15(14)25-17(19,20)21/h1-3,5,7-9,11H,4,6,10H2,(H3,22,23,24). The van der Waals surface area contributed by atoms with Crippen molar-refractivity contribution >= 4 is 11.6 Å². The minimum Gasteiger partial charge on any atom is -0.404 e. The zero-order valence-electron chi connectivity index (χ0n) is 13.2. The first-order valence-corrected chi connectivity index (χ1v) is 7.49. The Labute approximate surface area is 142 Å². The lowest BCUT2D eigenvalue weighted by Crippen LogP contribution is -2.24. The van der Waals surface area contributed by atoms with E-state index < -0.39 is 12.1 Å². The van der Waals surface area contributed by atoms with Crippen molar-refractivity contribution in [1.82, 2.24) is 0 Å². The number of nitrogens with two attached hydrogens (primary N) is 1. The number of nitrogens with one attached hydrogen (secondary N) is 1. The van der Waals surface area contributed by atoms with Gasteiger partial charge in [0.25, 0.3) is 0 Å². The van der Waals surface area contributed by atoms with Crippen LogP contribution in [-0.4, -0.2) is 18.9 Å². The largest absolute Gasteiger partial charge is 0.573 e. The van der Waals surface area contributed by atoms with Crippen molar-refractivity contribution in [3.05, 3.63) is 59.9 Å². The van der Waals surface area contributed by atoms with Gasteiger partial charge in [0.05, 0.1) is 5.69 Å². The van der Waals surface area contributed by atoms with Crippen LogP contribution in [0.5, 0.6) is 5.75 Å². The highest BCUT2D eigenvalue weighted by molar-refractivity contribution is 5.93. The average Bonchev–Trinajstić information content (AvgIpc) is 2.52. The number of aryl methyl sites for hydroxylation is 1. The lowest BCUT2D eigenvalue weighted by molar-refractivity contribution is -0.274. The molecule has 0 radical (unpaired) electrons. The molecule has 0 fully saturated rings. The maximum absolute atomic E-state index is 13.1. The van der Waals surface area contributed by atoms with Crippen molar-refractivity contribution in [2.24, 2.45) is 10.7 Å². The Bertz CT molecular complexity index is 732. The lowest BCUT2D eigenvalue weighted by Gasteiger charge is -2.14. The molecular formula is C17H17F4N3O. The number of guanidine groups is 1. The molecule has 2 rings (SSSR count). The van der Waals surface area contributed by atoms with E-state index in [1.54, 1.807) is 18.2 Å². The van der Waals surface area contributed by atoms with Crippen LogP contribution in [0, 0.1) is 5.82 Å². The topological polar surface area (TPSA) is 59.6 Å². The molecule has 0 atom stereocenters. The van der Waals surface area contributed by atoms with Gasteiger partial charge in [0.1, 0.15) is 5.82 Å². The van der Waals surface area contributed by atoms with Crippen molar-refractivity contribution in [3.8, 4) is 5.75 Å². The number of anilines is 1. The van der Waals surface area contributed by atoms with Gasteiger partial charge in [-0.15, -0.1) is 13.2 Å². The Morgan fingerprint density at radius 1 is 1.12 bits per heavy atom. The van der Waals surface area contributed by atoms with Crippen LogP contribution >= 0.6 is 0 Å². The molecule has 0 aromatic heterocycles. The Morgan fingerprint density at radius 2 is 1.88 bits per heavy atom. The van der Waals surface area contributed by atoms with Gasteiger partial charge in [-0.05, 0) is 42.7 Å². The van der Waals surface area contributed by atoms with Crippen LogP contribution in [0.2, 0.25) is 0 Å². The van der Waals surface area contributed by atoms with Crippen LogP contribution < -0.4 is 15.8 Å². The van der Waals surface area contributed by atoms with Crippen molar-refractivity contribution in [2.45, 2.75) is 19.2 Å². The van der Waals surface area contributed by atoms with E-state index in [-0.39, 0.29) is 17.5 Å². The van der Waals surface area contributed by atoms with Gasteiger partial charge in [0.15, 0.2) is 11.7 Å². The third kappa shape index (κ3) is 6.70. The van der Waals surface area contributed by atoms with Crippen LogP contribution in [0.15, 0.2) is 53.5 Å². The van der Waals surface area contributed by atoms with Crippen molar-refractivity contribution in [2.75, 3.05) is 11.9 Å². The smallest absolute Gasteiger partial charge is 0.404 e. The summed E-state index contributed by atoms with van der Waals surface area (Å²) in [7, 11) is 0. The first kappa shape index (κ1) is 18.6. The van der Waals surface area contributed by atoms with Crippen LogP contribution in [-0.2, 0) is 6.42 Å². The average molecular weight is 355 g/mol. The number of hydrogen-bond donors (Lipinski definition) is 2. The van der Waals surface area contributed by atoms with E-state index in [2.05, 4.69) is 15.0 Å². The predicted octanol–water partition coefficient (Wildman–Crippen LogP) is 4.08. The monoisotopic (exact) mass is 355 g/mol. The molecule has 0 heterocycles. The maximum atomic E-state index is 13.1. The van der Waals surface area contributed by atoms with Gasteiger partial charge in [0, 0.05) is 6.54 Å². The van der Waals surface area contributed by atoms with E-state index >= 15 is 0 Å². The normalized spacial score (nSPS) is 12.1. The summed E-state index contributed by atoms with van der Waals surface area (Å²) in [5, 5.41) is 2.58. The van der Waals surface area contributed by atoms with E-state index in [0.717, 1.165) is 5.56 Å². The molecule has 2 aromatic carbocycles. The molecule has 0 aliphatic rings. The highest BCUT2D eigenvalue weighted by atomic mass is 19.4. The summed E-state index contributed by atoms with van der Waals surface area (Å²) in [6.07, 6.45) is -3.57. The summed E-state index contributed by atoms with van der Waals surface area (Å²) in [6.45, 7) is 0.345. The molecule has 4 nitrogen and oxygen atoms in total. The number of halogens is 4. The van der Waals surface area contributed by atoms with Gasteiger partial charge < -0.3 is 15.8 Å². The second-order valence-corrected chi connectivity index (χ2v) is 5.17. The number of benzene rings is 2. The number of para-hydroxylation sites is 2. The summed E-state index contributed by atoms with van der Waals surface area (Å²) in [6, 6.07) is 11.8. The fraction of sp³-hybridized carbons (Fsp3) is 0.235. The molecule has 0 saturated heterocycles. The van der Waals surface area contributed by atoms with Gasteiger partial charge in [-0.1, -0.05) is 24.3 Å². The number of aliphatic imine (C=N–C) groups is 1. The number of alkyl halides is 3. The summed E-state index contributed by atoms with van der Waals surface area (Å²) in [5.41, 5.74) is 6.58. The molecule has 0 unspecified atom stereocenters. The first-order chi connectivity index (χ1) is 11.8. The van der Waals surface area contributed by atoms with E-state index in [4.69, 9.17) is 5.73 Å². The SMILES string of the molecule is NC(=NCCCc1cccc(F)c1)Nc1ccccc1OC(F)(F)F. The molecular weight excluding hydrogens is 338 g/mol. The lowest BCUT2D eigenvalue weighted by atomic mass is 10.1. The van der Waals surface area contributed by atoms with E-state index in [0.29, 0.717) is 19.4 Å². The van der Waals surface area contributed by atoms with Crippen molar-refractivity contribution in [1.29, 1.82) is 0 Å². The Hall–Kier alpha value is -2.77. The Morgan fingerprint density at radius 3 is 2.60 bits per heavy atom. The number of nitrogens with zero attached hydrogens (tertiary/aromatic N) is 1. The van der Waals surface area contributed by atoms with E-state index in [9.17, 15) is 17.6 Å². The molecule has 0 spiro atoms. The maximum Gasteiger partial charge on any atom is 0.573 e. The molecule has 0 amide bonds. The highest BCUT2D eigenvalue weighted by Gasteiger charge is 2.32. The summed E-state index contributed by atoms with van der Waals surface area (Å²) >= 11 is 0. The van der Waals surface area contributed by atoms with Gasteiger partial charge in [-0.3, -0.25) is 4.99 Å². The minimum absolute atomic E-state index is 0.0301. The van der Waals surface area contributed by atoms with Crippen molar-refractivity contribution < 1.29 is 22.3 Å². The fourth-order valence-electron chi connectivity index (χ4n) is 2.14. The highest BCUT2D eigenvalue weighted by Crippen LogP contribution is 2.29. The number of rotatable bonds is 6. The molecule has 0 aliphatic carbocycles. The van der Waals surface area contributed by atoms with Crippen molar-refractivity contribution in [3.63, 3.8) is 0 Å².